The standard InChI is InChI=1S/C23H20ClNO4/c1-23(2)13-25-19(20(23)26)17(14-7-5-4-6-8-14)18(21(25)29-22(27)28-3)15-9-11-16(24)12-10-15/h4-12H,13H2,1-3H3. The Morgan fingerprint density at radius 3 is 2.24 bits per heavy atom. The average Bonchev–Trinajstić information content (AvgIpc) is 3.13. The van der Waals surface area contributed by atoms with Crippen LogP contribution < -0.4 is 4.74 Å². The van der Waals surface area contributed by atoms with Crippen LogP contribution in [0.1, 0.15) is 24.3 Å². The van der Waals surface area contributed by atoms with Crippen LogP contribution >= 0.6 is 11.6 Å². The summed E-state index contributed by atoms with van der Waals surface area (Å²) < 4.78 is 12.1. The first-order valence-electron chi connectivity index (χ1n) is 9.22. The summed E-state index contributed by atoms with van der Waals surface area (Å²) in [5.74, 6) is 0.304. The molecule has 0 fully saturated rings. The molecule has 0 atom stereocenters. The zero-order valence-corrected chi connectivity index (χ0v) is 17.1. The lowest BCUT2D eigenvalue weighted by molar-refractivity contribution is 0.0861. The van der Waals surface area contributed by atoms with Crippen LogP contribution in [0, 0.1) is 5.41 Å². The maximum atomic E-state index is 13.3. The number of ether oxygens (including phenoxy) is 2. The van der Waals surface area contributed by atoms with Crippen molar-refractivity contribution in [2.75, 3.05) is 7.11 Å². The number of Topliss-reactive ketones (excluding diaryl/α,β-unsaturated/α-hetero) is 1. The lowest BCUT2D eigenvalue weighted by Crippen LogP contribution is -2.21. The Morgan fingerprint density at radius 1 is 1.00 bits per heavy atom. The van der Waals surface area contributed by atoms with E-state index in [0.717, 1.165) is 16.7 Å². The van der Waals surface area contributed by atoms with E-state index in [1.165, 1.54) is 7.11 Å². The molecule has 1 aromatic heterocycles. The summed E-state index contributed by atoms with van der Waals surface area (Å²) in [6.07, 6.45) is -0.836. The minimum absolute atomic E-state index is 0.00582. The Labute approximate surface area is 173 Å². The first kappa shape index (κ1) is 19.3. The van der Waals surface area contributed by atoms with Gasteiger partial charge in [-0.25, -0.2) is 4.79 Å². The molecule has 0 aliphatic carbocycles. The molecule has 4 rings (SSSR count). The molecule has 0 saturated heterocycles. The van der Waals surface area contributed by atoms with Gasteiger partial charge in [-0.05, 0) is 23.3 Å². The number of ketones is 1. The second-order valence-corrected chi connectivity index (χ2v) is 8.07. The summed E-state index contributed by atoms with van der Waals surface area (Å²) in [4.78, 5) is 25.3. The molecule has 0 radical (unpaired) electrons. The highest BCUT2D eigenvalue weighted by Crippen LogP contribution is 2.50. The molecule has 0 N–H and O–H groups in total. The van der Waals surface area contributed by atoms with E-state index in [1.54, 1.807) is 16.7 Å². The van der Waals surface area contributed by atoms with Gasteiger partial charge in [-0.2, -0.15) is 0 Å². The predicted octanol–water partition coefficient (Wildman–Crippen LogP) is 5.84. The third-order valence-corrected chi connectivity index (χ3v) is 5.39. The fourth-order valence-electron chi connectivity index (χ4n) is 3.77. The van der Waals surface area contributed by atoms with E-state index in [4.69, 9.17) is 21.1 Å². The number of benzene rings is 2. The van der Waals surface area contributed by atoms with Crippen LogP contribution in [0.25, 0.3) is 22.3 Å². The number of hydrogen-bond donors (Lipinski definition) is 0. The van der Waals surface area contributed by atoms with Gasteiger partial charge in [0.2, 0.25) is 5.88 Å². The highest BCUT2D eigenvalue weighted by molar-refractivity contribution is 6.30. The second kappa shape index (κ2) is 7.08. The number of rotatable bonds is 3. The van der Waals surface area contributed by atoms with Crippen LogP contribution in [0.3, 0.4) is 0 Å². The molecule has 2 aromatic carbocycles. The molecule has 0 bridgehead atoms. The molecule has 0 amide bonds. The molecule has 3 aromatic rings. The highest BCUT2D eigenvalue weighted by atomic mass is 35.5. The molecular weight excluding hydrogens is 390 g/mol. The van der Waals surface area contributed by atoms with Gasteiger partial charge in [0, 0.05) is 22.5 Å². The van der Waals surface area contributed by atoms with Crippen molar-refractivity contribution in [3.8, 4) is 28.1 Å². The van der Waals surface area contributed by atoms with Crippen LogP contribution in [-0.4, -0.2) is 23.6 Å². The number of methoxy groups -OCH3 is 1. The van der Waals surface area contributed by atoms with Crippen LogP contribution in [0.4, 0.5) is 4.79 Å². The molecule has 0 saturated carbocycles. The van der Waals surface area contributed by atoms with Crippen LogP contribution in [0.15, 0.2) is 54.6 Å². The molecule has 5 nitrogen and oxygen atoms in total. The minimum atomic E-state index is -0.836. The molecule has 148 valence electrons. The molecule has 0 spiro atoms. The second-order valence-electron chi connectivity index (χ2n) is 7.63. The van der Waals surface area contributed by atoms with Crippen molar-refractivity contribution in [3.63, 3.8) is 0 Å². The molecular formula is C23H20ClNO4. The third-order valence-electron chi connectivity index (χ3n) is 5.14. The van der Waals surface area contributed by atoms with Gasteiger partial charge >= 0.3 is 6.16 Å². The van der Waals surface area contributed by atoms with Gasteiger partial charge in [0.1, 0.15) is 0 Å². The van der Waals surface area contributed by atoms with E-state index in [2.05, 4.69) is 0 Å². The number of carbonyl (C=O) groups excluding carboxylic acids is 2. The van der Waals surface area contributed by atoms with Gasteiger partial charge in [-0.3, -0.25) is 4.79 Å². The fourth-order valence-corrected chi connectivity index (χ4v) is 3.89. The normalized spacial score (nSPS) is 14.6. The summed E-state index contributed by atoms with van der Waals surface area (Å²) in [6.45, 7) is 4.18. The highest BCUT2D eigenvalue weighted by Gasteiger charge is 2.44. The molecule has 2 heterocycles. The first-order chi connectivity index (χ1) is 13.8. The third kappa shape index (κ3) is 3.21. The Hall–Kier alpha value is -3.05. The first-order valence-corrected chi connectivity index (χ1v) is 9.59. The van der Waals surface area contributed by atoms with E-state index >= 15 is 0 Å². The molecule has 6 heteroatoms. The van der Waals surface area contributed by atoms with Crippen molar-refractivity contribution in [2.24, 2.45) is 5.41 Å². The molecule has 1 aliphatic rings. The van der Waals surface area contributed by atoms with E-state index in [1.807, 2.05) is 56.3 Å². The number of fused-ring (bicyclic) bond motifs is 1. The van der Waals surface area contributed by atoms with Crippen LogP contribution in [0.5, 0.6) is 5.88 Å². The molecule has 0 unspecified atom stereocenters. The number of halogens is 1. The summed E-state index contributed by atoms with van der Waals surface area (Å²) in [5, 5.41) is 0.592. The van der Waals surface area contributed by atoms with Crippen molar-refractivity contribution in [2.45, 2.75) is 20.4 Å². The lowest BCUT2D eigenvalue weighted by Gasteiger charge is -2.17. The van der Waals surface area contributed by atoms with Crippen molar-refractivity contribution in [1.29, 1.82) is 0 Å². The van der Waals surface area contributed by atoms with Gasteiger partial charge in [0.05, 0.1) is 18.4 Å². The summed E-state index contributed by atoms with van der Waals surface area (Å²) in [7, 11) is 1.26. The van der Waals surface area contributed by atoms with Crippen molar-refractivity contribution in [1.82, 2.24) is 4.57 Å². The van der Waals surface area contributed by atoms with Crippen molar-refractivity contribution in [3.05, 3.63) is 65.3 Å². The van der Waals surface area contributed by atoms with Crippen molar-refractivity contribution < 1.29 is 19.1 Å². The lowest BCUT2D eigenvalue weighted by atomic mass is 9.86. The van der Waals surface area contributed by atoms with E-state index in [0.29, 0.717) is 28.7 Å². The van der Waals surface area contributed by atoms with Gasteiger partial charge < -0.3 is 14.0 Å². The zero-order valence-electron chi connectivity index (χ0n) is 16.4. The van der Waals surface area contributed by atoms with Gasteiger partial charge in [0.15, 0.2) is 5.78 Å². The maximum absolute atomic E-state index is 13.3. The number of aromatic nitrogens is 1. The molecule has 29 heavy (non-hydrogen) atoms. The van der Waals surface area contributed by atoms with Gasteiger partial charge in [-0.15, -0.1) is 0 Å². The Balaban J connectivity index is 2.07. The fraction of sp³-hybridized carbons (Fsp3) is 0.217. The summed E-state index contributed by atoms with van der Waals surface area (Å²) in [6, 6.07) is 16.8. The summed E-state index contributed by atoms with van der Waals surface area (Å²) >= 11 is 6.07. The number of hydrogen-bond acceptors (Lipinski definition) is 4. The SMILES string of the molecule is COC(=O)Oc1c(-c2ccc(Cl)cc2)c(-c2ccccc2)c2n1CC(C)(C)C2=O. The predicted molar refractivity (Wildman–Crippen MR) is 111 cm³/mol. The number of nitrogens with zero attached hydrogens (tertiary/aromatic N) is 1. The van der Waals surface area contributed by atoms with E-state index in [9.17, 15) is 9.59 Å². The van der Waals surface area contributed by atoms with Gasteiger partial charge in [-0.1, -0.05) is 67.9 Å². The maximum Gasteiger partial charge on any atom is 0.514 e. The smallest absolute Gasteiger partial charge is 0.437 e. The van der Waals surface area contributed by atoms with Crippen LogP contribution in [-0.2, 0) is 11.3 Å². The van der Waals surface area contributed by atoms with E-state index < -0.39 is 11.6 Å². The Kier molecular flexibility index (Phi) is 4.71. The van der Waals surface area contributed by atoms with Crippen molar-refractivity contribution >= 4 is 23.5 Å². The monoisotopic (exact) mass is 409 g/mol. The largest absolute Gasteiger partial charge is 0.514 e. The number of carbonyl (C=O) groups is 2. The quantitative estimate of drug-likeness (QED) is 0.509. The Bertz CT molecular complexity index is 1100. The topological polar surface area (TPSA) is 57.5 Å². The molecule has 1 aliphatic heterocycles. The minimum Gasteiger partial charge on any atom is -0.437 e. The van der Waals surface area contributed by atoms with Crippen LogP contribution in [0.2, 0.25) is 5.02 Å². The average molecular weight is 410 g/mol. The zero-order chi connectivity index (χ0) is 20.8. The summed E-state index contributed by atoms with van der Waals surface area (Å²) in [5.41, 5.74) is 2.99. The van der Waals surface area contributed by atoms with Gasteiger partial charge in [0.25, 0.3) is 0 Å². The van der Waals surface area contributed by atoms with E-state index in [-0.39, 0.29) is 5.78 Å². The Morgan fingerprint density at radius 2 is 1.62 bits per heavy atom.